The van der Waals surface area contributed by atoms with Crippen molar-refractivity contribution in [2.75, 3.05) is 0 Å². The molecule has 0 radical (unpaired) electrons. The molecule has 2 aromatic rings. The van der Waals surface area contributed by atoms with Gasteiger partial charge in [0.2, 0.25) is 0 Å². The Labute approximate surface area is 93.7 Å². The molecule has 1 heterocycles. The van der Waals surface area contributed by atoms with Crippen LogP contribution < -0.4 is 5.73 Å². The van der Waals surface area contributed by atoms with E-state index in [4.69, 9.17) is 21.8 Å². The van der Waals surface area contributed by atoms with E-state index in [-0.39, 0.29) is 6.04 Å². The molecule has 0 bridgehead atoms. The monoisotopic (exact) mass is 221 g/mol. The number of nitrogens with two attached hydrogens (primary N) is 1. The number of furan rings is 1. The van der Waals surface area contributed by atoms with Gasteiger partial charge in [-0.15, -0.1) is 0 Å². The standard InChI is InChI=1S/C12H12ClNO/c13-11-3-1-9(2-4-11)7-12(14)10-5-6-15-8-10/h1-6,8,12H,7,14H2. The lowest BCUT2D eigenvalue weighted by Gasteiger charge is -2.09. The molecule has 2 rings (SSSR count). The Morgan fingerprint density at radius 1 is 1.20 bits per heavy atom. The molecule has 1 aromatic heterocycles. The number of rotatable bonds is 3. The molecular weight excluding hydrogens is 210 g/mol. The first-order valence-corrected chi connectivity index (χ1v) is 5.15. The maximum Gasteiger partial charge on any atom is 0.0950 e. The van der Waals surface area contributed by atoms with Crippen molar-refractivity contribution in [1.29, 1.82) is 0 Å². The summed E-state index contributed by atoms with van der Waals surface area (Å²) in [5, 5.41) is 0.746. The van der Waals surface area contributed by atoms with Crippen LogP contribution in [-0.4, -0.2) is 0 Å². The van der Waals surface area contributed by atoms with E-state index in [1.165, 1.54) is 5.56 Å². The zero-order valence-corrected chi connectivity index (χ0v) is 8.95. The van der Waals surface area contributed by atoms with Crippen molar-refractivity contribution in [2.24, 2.45) is 5.73 Å². The Morgan fingerprint density at radius 3 is 2.53 bits per heavy atom. The third kappa shape index (κ3) is 2.61. The van der Waals surface area contributed by atoms with Crippen LogP contribution in [0, 0.1) is 0 Å². The molecule has 78 valence electrons. The van der Waals surface area contributed by atoms with Gasteiger partial charge in [-0.05, 0) is 30.2 Å². The Bertz CT molecular complexity index is 408. The van der Waals surface area contributed by atoms with Crippen LogP contribution in [0.15, 0.2) is 47.3 Å². The van der Waals surface area contributed by atoms with Crippen LogP contribution in [0.1, 0.15) is 17.2 Å². The molecule has 2 N–H and O–H groups in total. The largest absolute Gasteiger partial charge is 0.472 e. The summed E-state index contributed by atoms with van der Waals surface area (Å²) < 4.78 is 4.99. The van der Waals surface area contributed by atoms with E-state index in [1.54, 1.807) is 12.5 Å². The van der Waals surface area contributed by atoms with Crippen molar-refractivity contribution in [2.45, 2.75) is 12.5 Å². The predicted octanol–water partition coefficient (Wildman–Crippen LogP) is 3.18. The van der Waals surface area contributed by atoms with Gasteiger partial charge in [-0.3, -0.25) is 0 Å². The highest BCUT2D eigenvalue weighted by molar-refractivity contribution is 6.30. The van der Waals surface area contributed by atoms with E-state index >= 15 is 0 Å². The molecule has 3 heteroatoms. The first kappa shape index (κ1) is 10.3. The third-order valence-corrected chi connectivity index (χ3v) is 2.59. The lowest BCUT2D eigenvalue weighted by Crippen LogP contribution is -2.12. The fourth-order valence-corrected chi connectivity index (χ4v) is 1.60. The lowest BCUT2D eigenvalue weighted by atomic mass is 10.0. The van der Waals surface area contributed by atoms with Crippen LogP contribution in [-0.2, 0) is 6.42 Å². The normalized spacial score (nSPS) is 12.7. The molecule has 0 saturated heterocycles. The molecule has 1 unspecified atom stereocenters. The van der Waals surface area contributed by atoms with Crippen LogP contribution in [0.2, 0.25) is 5.02 Å². The summed E-state index contributed by atoms with van der Waals surface area (Å²) in [5.41, 5.74) is 8.21. The average Bonchev–Trinajstić information content (AvgIpc) is 2.74. The van der Waals surface area contributed by atoms with Gasteiger partial charge in [-0.25, -0.2) is 0 Å². The molecule has 0 aliphatic rings. The highest BCUT2D eigenvalue weighted by Gasteiger charge is 2.07. The molecule has 0 fully saturated rings. The van der Waals surface area contributed by atoms with E-state index in [2.05, 4.69) is 0 Å². The highest BCUT2D eigenvalue weighted by Crippen LogP contribution is 2.17. The van der Waals surface area contributed by atoms with Gasteiger partial charge >= 0.3 is 0 Å². The zero-order chi connectivity index (χ0) is 10.7. The fraction of sp³-hybridized carbons (Fsp3) is 0.167. The number of hydrogen-bond acceptors (Lipinski definition) is 2. The van der Waals surface area contributed by atoms with Crippen molar-refractivity contribution in [3.63, 3.8) is 0 Å². The first-order chi connectivity index (χ1) is 7.25. The second-order valence-corrected chi connectivity index (χ2v) is 3.93. The first-order valence-electron chi connectivity index (χ1n) is 4.78. The molecule has 1 atom stereocenters. The summed E-state index contributed by atoms with van der Waals surface area (Å²) in [6.07, 6.45) is 4.11. The molecule has 0 amide bonds. The topological polar surface area (TPSA) is 39.2 Å². The number of benzene rings is 1. The summed E-state index contributed by atoms with van der Waals surface area (Å²) >= 11 is 5.80. The molecule has 2 nitrogen and oxygen atoms in total. The van der Waals surface area contributed by atoms with Gasteiger partial charge in [-0.2, -0.15) is 0 Å². The Hall–Kier alpha value is -1.25. The van der Waals surface area contributed by atoms with Gasteiger partial charge in [0.1, 0.15) is 0 Å². The summed E-state index contributed by atoms with van der Waals surface area (Å²) in [5.74, 6) is 0. The maximum absolute atomic E-state index is 6.02. The summed E-state index contributed by atoms with van der Waals surface area (Å²) in [4.78, 5) is 0. The van der Waals surface area contributed by atoms with Gasteiger partial charge in [0.05, 0.1) is 12.5 Å². The van der Waals surface area contributed by atoms with Gasteiger partial charge in [0, 0.05) is 16.6 Å². The minimum atomic E-state index is -0.0232. The van der Waals surface area contributed by atoms with Crippen molar-refractivity contribution in [1.82, 2.24) is 0 Å². The molecule has 15 heavy (non-hydrogen) atoms. The molecule has 0 aliphatic carbocycles. The van der Waals surface area contributed by atoms with Crippen LogP contribution >= 0.6 is 11.6 Å². The van der Waals surface area contributed by atoms with E-state index in [9.17, 15) is 0 Å². The minimum Gasteiger partial charge on any atom is -0.472 e. The van der Waals surface area contributed by atoms with E-state index in [1.807, 2.05) is 30.3 Å². The Kier molecular flexibility index (Phi) is 3.09. The van der Waals surface area contributed by atoms with E-state index in [0.29, 0.717) is 0 Å². The van der Waals surface area contributed by atoms with Crippen LogP contribution in [0.4, 0.5) is 0 Å². The molecule has 0 saturated carbocycles. The fourth-order valence-electron chi connectivity index (χ4n) is 1.48. The lowest BCUT2D eigenvalue weighted by molar-refractivity contribution is 0.558. The highest BCUT2D eigenvalue weighted by atomic mass is 35.5. The Balaban J connectivity index is 2.06. The zero-order valence-electron chi connectivity index (χ0n) is 8.19. The maximum atomic E-state index is 6.02. The van der Waals surface area contributed by atoms with Crippen LogP contribution in [0.3, 0.4) is 0 Å². The van der Waals surface area contributed by atoms with E-state index < -0.39 is 0 Å². The second-order valence-electron chi connectivity index (χ2n) is 3.49. The smallest absolute Gasteiger partial charge is 0.0950 e. The Morgan fingerprint density at radius 2 is 1.93 bits per heavy atom. The molecule has 0 spiro atoms. The minimum absolute atomic E-state index is 0.0232. The molecular formula is C12H12ClNO. The molecule has 1 aromatic carbocycles. The van der Waals surface area contributed by atoms with Crippen LogP contribution in [0.5, 0.6) is 0 Å². The predicted molar refractivity (Wildman–Crippen MR) is 60.8 cm³/mol. The van der Waals surface area contributed by atoms with Gasteiger partial charge < -0.3 is 10.2 Å². The van der Waals surface area contributed by atoms with Crippen molar-refractivity contribution >= 4 is 11.6 Å². The SMILES string of the molecule is NC(Cc1ccc(Cl)cc1)c1ccoc1. The summed E-state index contributed by atoms with van der Waals surface area (Å²) in [6, 6.07) is 9.59. The van der Waals surface area contributed by atoms with Gasteiger partial charge in [0.25, 0.3) is 0 Å². The molecule has 0 aliphatic heterocycles. The van der Waals surface area contributed by atoms with Crippen molar-refractivity contribution in [3.05, 3.63) is 59.0 Å². The van der Waals surface area contributed by atoms with E-state index in [0.717, 1.165) is 17.0 Å². The average molecular weight is 222 g/mol. The summed E-state index contributed by atoms with van der Waals surface area (Å²) in [6.45, 7) is 0. The van der Waals surface area contributed by atoms with Gasteiger partial charge in [0.15, 0.2) is 0 Å². The van der Waals surface area contributed by atoms with Crippen LogP contribution in [0.25, 0.3) is 0 Å². The number of halogens is 1. The van der Waals surface area contributed by atoms with Gasteiger partial charge in [-0.1, -0.05) is 23.7 Å². The quantitative estimate of drug-likeness (QED) is 0.865. The second kappa shape index (κ2) is 4.51. The van der Waals surface area contributed by atoms with Crippen molar-refractivity contribution in [3.8, 4) is 0 Å². The number of hydrogen-bond donors (Lipinski definition) is 1. The summed E-state index contributed by atoms with van der Waals surface area (Å²) in [7, 11) is 0. The van der Waals surface area contributed by atoms with Crippen molar-refractivity contribution < 1.29 is 4.42 Å². The third-order valence-electron chi connectivity index (χ3n) is 2.34.